The zero-order chi connectivity index (χ0) is 9.47. The summed E-state index contributed by atoms with van der Waals surface area (Å²) in [6, 6.07) is 0. The molecule has 0 radical (unpaired) electrons. The molecular weight excluding hydrogens is 227 g/mol. The minimum absolute atomic E-state index is 0.184. The van der Waals surface area contributed by atoms with Gasteiger partial charge in [-0.25, -0.2) is 0 Å². The van der Waals surface area contributed by atoms with Crippen LogP contribution >= 0.6 is 0 Å². The zero-order valence-electron chi connectivity index (χ0n) is 7.83. The van der Waals surface area contributed by atoms with E-state index in [1.54, 1.807) is 16.9 Å². The molecule has 0 aliphatic heterocycles. The van der Waals surface area contributed by atoms with Gasteiger partial charge in [-0.15, -0.1) is 0 Å². The molecule has 2 rings (SSSR count). The molecule has 0 heterocycles. The van der Waals surface area contributed by atoms with Gasteiger partial charge >= 0.3 is 87.3 Å². The van der Waals surface area contributed by atoms with Gasteiger partial charge in [-0.3, -0.25) is 0 Å². The number of rotatable bonds is 3. The van der Waals surface area contributed by atoms with Crippen molar-refractivity contribution in [2.24, 2.45) is 17.3 Å². The van der Waals surface area contributed by atoms with Gasteiger partial charge in [-0.05, 0) is 0 Å². The second kappa shape index (κ2) is 3.31. The molecule has 2 nitrogen and oxygen atoms in total. The van der Waals surface area contributed by atoms with E-state index in [2.05, 4.69) is 0 Å². The summed E-state index contributed by atoms with van der Waals surface area (Å²) in [5.74, 6) is 1.27. The summed E-state index contributed by atoms with van der Waals surface area (Å²) >= 11 is 1.70. The number of carboxylic acids is 1. The van der Waals surface area contributed by atoms with Crippen LogP contribution in [0, 0.1) is 17.3 Å². The van der Waals surface area contributed by atoms with Gasteiger partial charge in [0.15, 0.2) is 0 Å². The Morgan fingerprint density at radius 1 is 1.54 bits per heavy atom. The van der Waals surface area contributed by atoms with E-state index in [0.29, 0.717) is 6.42 Å². The van der Waals surface area contributed by atoms with Crippen LogP contribution in [0.4, 0.5) is 0 Å². The first-order chi connectivity index (χ1) is 6.15. The maximum absolute atomic E-state index is 10.8. The van der Waals surface area contributed by atoms with Crippen LogP contribution in [0.5, 0.6) is 0 Å². The van der Waals surface area contributed by atoms with Crippen LogP contribution in [0.15, 0.2) is 0 Å². The van der Waals surface area contributed by atoms with Crippen molar-refractivity contribution in [3.05, 3.63) is 0 Å². The molecule has 0 aromatic rings. The normalized spacial score (nSPS) is 42.5. The van der Waals surface area contributed by atoms with E-state index in [1.807, 2.05) is 0 Å². The van der Waals surface area contributed by atoms with Crippen LogP contribution in [0.1, 0.15) is 32.1 Å². The predicted octanol–water partition coefficient (Wildman–Crippen LogP) is 1.32. The monoisotopic (exact) mass is 244 g/mol. The third-order valence-corrected chi connectivity index (χ3v) is 5.59. The summed E-state index contributed by atoms with van der Waals surface area (Å²) in [5, 5.41) is 9.98. The van der Waals surface area contributed by atoms with E-state index in [-0.39, 0.29) is 5.41 Å². The fourth-order valence-corrected chi connectivity index (χ4v) is 3.88. The Kier molecular flexibility index (Phi) is 2.44. The molecule has 0 amide bonds. The Morgan fingerprint density at radius 2 is 2.31 bits per heavy atom. The molecular formula is C10H17AsO2. The van der Waals surface area contributed by atoms with Crippen molar-refractivity contribution < 1.29 is 9.90 Å². The molecule has 3 heteroatoms. The SMILES string of the molecule is O=C(O)CC1(C[AsH2])CCC2CC2C1. The minimum atomic E-state index is -0.600. The van der Waals surface area contributed by atoms with Crippen LogP contribution in [0.2, 0.25) is 5.21 Å². The molecule has 2 aliphatic carbocycles. The van der Waals surface area contributed by atoms with E-state index in [4.69, 9.17) is 5.11 Å². The van der Waals surface area contributed by atoms with Gasteiger partial charge in [0.05, 0.1) is 0 Å². The van der Waals surface area contributed by atoms with Gasteiger partial charge in [0.25, 0.3) is 0 Å². The Balaban J connectivity index is 2.01. The quantitative estimate of drug-likeness (QED) is 0.760. The maximum atomic E-state index is 10.8. The van der Waals surface area contributed by atoms with Crippen molar-refractivity contribution in [3.63, 3.8) is 0 Å². The molecule has 13 heavy (non-hydrogen) atoms. The number of hydrogen-bond donors (Lipinski definition) is 1. The van der Waals surface area contributed by atoms with E-state index in [9.17, 15) is 4.79 Å². The van der Waals surface area contributed by atoms with Crippen molar-refractivity contribution in [2.75, 3.05) is 0 Å². The second-order valence-corrected chi connectivity index (χ2v) is 5.63. The average Bonchev–Trinajstić information content (AvgIpc) is 2.81. The van der Waals surface area contributed by atoms with E-state index >= 15 is 0 Å². The molecule has 0 aromatic carbocycles. The van der Waals surface area contributed by atoms with Gasteiger partial charge in [-0.1, -0.05) is 0 Å². The Labute approximate surface area is 87.6 Å². The molecule has 0 spiro atoms. The number of hydrogen-bond acceptors (Lipinski definition) is 1. The molecule has 0 bridgehead atoms. The molecule has 2 saturated carbocycles. The van der Waals surface area contributed by atoms with Crippen molar-refractivity contribution in [1.82, 2.24) is 0 Å². The molecule has 0 aromatic heterocycles. The summed E-state index contributed by atoms with van der Waals surface area (Å²) in [6.07, 6.45) is 5.45. The Morgan fingerprint density at radius 3 is 2.85 bits per heavy atom. The molecule has 1 N–H and O–H groups in total. The summed E-state index contributed by atoms with van der Waals surface area (Å²) in [5.41, 5.74) is 0.184. The molecule has 0 saturated heterocycles. The third kappa shape index (κ3) is 1.93. The average molecular weight is 244 g/mol. The third-order valence-electron chi connectivity index (χ3n) is 3.77. The van der Waals surface area contributed by atoms with Gasteiger partial charge in [0.1, 0.15) is 0 Å². The number of aliphatic carboxylic acids is 1. The van der Waals surface area contributed by atoms with Crippen LogP contribution in [-0.2, 0) is 4.79 Å². The summed E-state index contributed by atoms with van der Waals surface area (Å²) in [7, 11) is 0. The Hall–Kier alpha value is 0.0284. The number of carboxylic acid groups (broad SMARTS) is 1. The predicted molar refractivity (Wildman–Crippen MR) is 53.5 cm³/mol. The standard InChI is InChI=1S/C10H17AsO2/c11-6-10(5-9(12)13)2-1-7-3-8(7)4-10/h7-8H,1-6,11H2,(H,12,13). The molecule has 4 unspecified atom stereocenters. The van der Waals surface area contributed by atoms with Crippen molar-refractivity contribution >= 4 is 22.8 Å². The second-order valence-electron chi connectivity index (χ2n) is 4.77. The van der Waals surface area contributed by atoms with E-state index in [1.165, 1.54) is 25.7 Å². The van der Waals surface area contributed by atoms with Gasteiger partial charge in [-0.2, -0.15) is 0 Å². The van der Waals surface area contributed by atoms with E-state index in [0.717, 1.165) is 17.0 Å². The van der Waals surface area contributed by atoms with Crippen molar-refractivity contribution in [3.8, 4) is 0 Å². The number of carbonyl (C=O) groups is 1. The molecule has 74 valence electrons. The topological polar surface area (TPSA) is 37.3 Å². The number of fused-ring (bicyclic) bond motifs is 1. The zero-order valence-corrected chi connectivity index (χ0v) is 10.3. The Bertz CT molecular complexity index is 229. The van der Waals surface area contributed by atoms with Gasteiger partial charge < -0.3 is 0 Å². The summed E-state index contributed by atoms with van der Waals surface area (Å²) < 4.78 is 0. The summed E-state index contributed by atoms with van der Waals surface area (Å²) in [6.45, 7) is 0. The molecule has 4 atom stereocenters. The van der Waals surface area contributed by atoms with Crippen LogP contribution in [0.25, 0.3) is 0 Å². The first kappa shape index (κ1) is 9.58. The fourth-order valence-electron chi connectivity index (χ4n) is 2.80. The molecule has 2 fully saturated rings. The van der Waals surface area contributed by atoms with Crippen molar-refractivity contribution in [2.45, 2.75) is 37.3 Å². The van der Waals surface area contributed by atoms with Crippen LogP contribution in [0.3, 0.4) is 0 Å². The summed E-state index contributed by atoms with van der Waals surface area (Å²) in [4.78, 5) is 10.8. The van der Waals surface area contributed by atoms with Crippen LogP contribution in [-0.4, -0.2) is 27.9 Å². The first-order valence-electron chi connectivity index (χ1n) is 5.07. The van der Waals surface area contributed by atoms with Gasteiger partial charge in [0.2, 0.25) is 0 Å². The molecule has 2 aliphatic rings. The van der Waals surface area contributed by atoms with E-state index < -0.39 is 5.97 Å². The fraction of sp³-hybridized carbons (Fsp3) is 0.900. The van der Waals surface area contributed by atoms with Gasteiger partial charge in [0, 0.05) is 0 Å². The van der Waals surface area contributed by atoms with Crippen molar-refractivity contribution in [1.29, 1.82) is 0 Å². The van der Waals surface area contributed by atoms with Crippen LogP contribution < -0.4 is 0 Å². The first-order valence-corrected chi connectivity index (χ1v) is 6.78.